The number of imide groups is 1. The van der Waals surface area contributed by atoms with Crippen LogP contribution < -0.4 is 10.2 Å². The van der Waals surface area contributed by atoms with Crippen molar-refractivity contribution < 1.29 is 19.1 Å². The molecule has 2 aliphatic heterocycles. The Hall–Kier alpha value is -2.81. The number of alkyl halides is 2. The monoisotopic (exact) mass is 634 g/mol. The van der Waals surface area contributed by atoms with Crippen molar-refractivity contribution in [3.8, 4) is 0 Å². The molecule has 0 spiro atoms. The molecule has 3 amide bonds. The summed E-state index contributed by atoms with van der Waals surface area (Å²) >= 11 is 8.05. The fourth-order valence-corrected chi connectivity index (χ4v) is 9.13. The van der Waals surface area contributed by atoms with Crippen molar-refractivity contribution in [1.82, 2.24) is 5.32 Å². The molecule has 2 heterocycles. The zero-order valence-electron chi connectivity index (χ0n) is 20.3. The number of halogens is 2. The lowest BCUT2D eigenvalue weighted by molar-refractivity contribution is -0.122. The largest absolute Gasteiger partial charge is 0.376 e. The Morgan fingerprint density at radius 3 is 1.92 bits per heavy atom. The summed E-state index contributed by atoms with van der Waals surface area (Å²) in [7, 11) is 0. The van der Waals surface area contributed by atoms with E-state index in [1.807, 2.05) is 48.5 Å². The van der Waals surface area contributed by atoms with Crippen LogP contribution in [0.15, 0.2) is 72.8 Å². The van der Waals surface area contributed by atoms with Gasteiger partial charge in [0, 0.05) is 18.7 Å². The highest BCUT2D eigenvalue weighted by Crippen LogP contribution is 2.70. The molecule has 0 radical (unpaired) electrons. The zero-order chi connectivity index (χ0) is 26.2. The number of amides is 3. The summed E-state index contributed by atoms with van der Waals surface area (Å²) in [6.45, 7) is 1.15. The molecule has 1 N–H and O–H groups in total. The Morgan fingerprint density at radius 2 is 1.42 bits per heavy atom. The van der Waals surface area contributed by atoms with E-state index in [-0.39, 0.29) is 23.8 Å². The van der Waals surface area contributed by atoms with Gasteiger partial charge in [-0.15, -0.1) is 0 Å². The molecular formula is C30H24Br2N2O4. The van der Waals surface area contributed by atoms with Crippen LogP contribution in [-0.4, -0.2) is 37.0 Å². The van der Waals surface area contributed by atoms with Gasteiger partial charge in [-0.2, -0.15) is 0 Å². The van der Waals surface area contributed by atoms with Crippen LogP contribution in [0.5, 0.6) is 0 Å². The molecule has 2 saturated heterocycles. The van der Waals surface area contributed by atoms with Gasteiger partial charge in [0.2, 0.25) is 11.8 Å². The van der Waals surface area contributed by atoms with Gasteiger partial charge in [-0.05, 0) is 53.3 Å². The summed E-state index contributed by atoms with van der Waals surface area (Å²) < 4.78 is 3.91. The van der Waals surface area contributed by atoms with Crippen molar-refractivity contribution in [3.05, 3.63) is 101 Å². The zero-order valence-corrected chi connectivity index (χ0v) is 23.5. The first kappa shape index (κ1) is 24.2. The highest BCUT2D eigenvalue weighted by Gasteiger charge is 2.72. The third-order valence-corrected chi connectivity index (χ3v) is 11.2. The number of carbonyl (C=O) groups excluding carboxylic acids is 3. The molecule has 2 bridgehead atoms. The van der Waals surface area contributed by atoms with E-state index in [9.17, 15) is 14.4 Å². The van der Waals surface area contributed by atoms with Gasteiger partial charge in [-0.1, -0.05) is 86.5 Å². The Morgan fingerprint density at radius 1 is 0.868 bits per heavy atom. The van der Waals surface area contributed by atoms with Crippen LogP contribution in [0.4, 0.5) is 5.69 Å². The molecule has 8 rings (SSSR count). The predicted octanol–water partition coefficient (Wildman–Crippen LogP) is 5.01. The van der Waals surface area contributed by atoms with E-state index >= 15 is 0 Å². The van der Waals surface area contributed by atoms with Crippen molar-refractivity contribution >= 4 is 55.3 Å². The number of hydrogen-bond acceptors (Lipinski definition) is 4. The average molecular weight is 636 g/mol. The first-order valence-corrected chi connectivity index (χ1v) is 14.4. The van der Waals surface area contributed by atoms with E-state index < -0.39 is 20.5 Å². The molecule has 3 aromatic rings. The van der Waals surface area contributed by atoms with Crippen LogP contribution in [0, 0.1) is 11.8 Å². The SMILES string of the molecule is O=C(NC[C@@H]1CCCO1)c1cccc(N2C(=O)[C@H]3[C@H](C2=O)C2(Br)c4ccccc4C3(Br)c3ccccc32)c1. The molecule has 6 nitrogen and oxygen atoms in total. The van der Waals surface area contributed by atoms with Gasteiger partial charge in [0.1, 0.15) is 0 Å². The van der Waals surface area contributed by atoms with Crippen LogP contribution in [-0.2, 0) is 23.0 Å². The fraction of sp³-hybridized carbons (Fsp3) is 0.300. The normalized spacial score (nSPS) is 30.7. The Bertz CT molecular complexity index is 1390. The van der Waals surface area contributed by atoms with E-state index in [1.165, 1.54) is 4.90 Å². The average Bonchev–Trinajstić information content (AvgIpc) is 3.56. The van der Waals surface area contributed by atoms with Crippen molar-refractivity contribution in [2.75, 3.05) is 18.1 Å². The van der Waals surface area contributed by atoms with Gasteiger partial charge in [0.05, 0.1) is 32.3 Å². The minimum Gasteiger partial charge on any atom is -0.376 e. The number of rotatable bonds is 4. The van der Waals surface area contributed by atoms with Gasteiger partial charge in [-0.25, -0.2) is 4.90 Å². The van der Waals surface area contributed by atoms with E-state index in [2.05, 4.69) is 37.2 Å². The van der Waals surface area contributed by atoms with Gasteiger partial charge >= 0.3 is 0 Å². The second-order valence-corrected chi connectivity index (χ2v) is 12.9. The molecule has 0 unspecified atom stereocenters. The van der Waals surface area contributed by atoms with Crippen molar-refractivity contribution in [3.63, 3.8) is 0 Å². The lowest BCUT2D eigenvalue weighted by Crippen LogP contribution is -2.56. The molecule has 0 aromatic heterocycles. The lowest BCUT2D eigenvalue weighted by Gasteiger charge is -2.55. The van der Waals surface area contributed by atoms with Gasteiger partial charge in [0.25, 0.3) is 5.91 Å². The topological polar surface area (TPSA) is 75.7 Å². The summed E-state index contributed by atoms with van der Waals surface area (Å²) in [4.78, 5) is 42.7. The predicted molar refractivity (Wildman–Crippen MR) is 150 cm³/mol. The maximum absolute atomic E-state index is 14.2. The molecule has 38 heavy (non-hydrogen) atoms. The molecule has 5 aliphatic rings. The lowest BCUT2D eigenvalue weighted by atomic mass is 9.54. The van der Waals surface area contributed by atoms with Crippen LogP contribution in [0.25, 0.3) is 0 Å². The molecule has 8 heteroatoms. The minimum absolute atomic E-state index is 0.0240. The van der Waals surface area contributed by atoms with Crippen LogP contribution in [0.2, 0.25) is 0 Å². The maximum Gasteiger partial charge on any atom is 0.251 e. The molecular weight excluding hydrogens is 612 g/mol. The highest BCUT2D eigenvalue weighted by molar-refractivity contribution is 9.10. The third kappa shape index (κ3) is 3.11. The van der Waals surface area contributed by atoms with Crippen LogP contribution >= 0.6 is 31.9 Å². The molecule has 3 atom stereocenters. The van der Waals surface area contributed by atoms with Crippen LogP contribution in [0.3, 0.4) is 0 Å². The van der Waals surface area contributed by atoms with E-state index in [0.29, 0.717) is 17.8 Å². The van der Waals surface area contributed by atoms with Gasteiger partial charge < -0.3 is 10.1 Å². The second-order valence-electron chi connectivity index (χ2n) is 10.4. The molecule has 0 saturated carbocycles. The smallest absolute Gasteiger partial charge is 0.251 e. The third-order valence-electron chi connectivity index (χ3n) is 8.47. The maximum atomic E-state index is 14.2. The van der Waals surface area contributed by atoms with Crippen molar-refractivity contribution in [2.45, 2.75) is 27.6 Å². The molecule has 3 aromatic carbocycles. The van der Waals surface area contributed by atoms with Crippen molar-refractivity contribution in [1.29, 1.82) is 0 Å². The van der Waals surface area contributed by atoms with E-state index in [4.69, 9.17) is 4.74 Å². The number of nitrogens with zero attached hydrogens (tertiary/aromatic N) is 1. The summed E-state index contributed by atoms with van der Waals surface area (Å²) in [6, 6.07) is 22.8. The quantitative estimate of drug-likeness (QED) is 0.323. The number of carbonyl (C=O) groups is 3. The summed E-state index contributed by atoms with van der Waals surface area (Å²) in [5, 5.41) is 2.92. The minimum atomic E-state index is -0.849. The first-order chi connectivity index (χ1) is 18.4. The number of benzene rings is 3. The van der Waals surface area contributed by atoms with Crippen LogP contribution in [0.1, 0.15) is 45.5 Å². The molecule has 192 valence electrons. The summed E-state index contributed by atoms with van der Waals surface area (Å²) in [5.41, 5.74) is 4.75. The second kappa shape index (κ2) is 8.60. The summed E-state index contributed by atoms with van der Waals surface area (Å²) in [6.07, 6.45) is 1.94. The molecule has 2 fully saturated rings. The number of anilines is 1. The molecule has 3 aliphatic carbocycles. The number of nitrogens with one attached hydrogen (secondary N) is 1. The summed E-state index contributed by atoms with van der Waals surface area (Å²) in [5.74, 6) is -2.12. The van der Waals surface area contributed by atoms with E-state index in [1.54, 1.807) is 24.3 Å². The Labute approximate surface area is 237 Å². The van der Waals surface area contributed by atoms with Gasteiger partial charge in [-0.3, -0.25) is 14.4 Å². The number of hydrogen-bond donors (Lipinski definition) is 1. The first-order valence-electron chi connectivity index (χ1n) is 12.8. The highest BCUT2D eigenvalue weighted by atomic mass is 79.9. The standard InChI is InChI=1S/C30H24Br2N2O4/c31-29-20-10-1-2-11-21(20)30(32,23-13-4-3-12-22(23)29)25-24(29)27(36)34(28(25)37)18-8-5-7-17(15-18)26(35)33-16-19-9-6-14-38-19/h1-5,7-8,10-13,15,19,24-25H,6,9,14,16H2,(H,33,35)/t19-,24+,25+,29?,30?/m0/s1. The fourth-order valence-electron chi connectivity index (χ4n) is 6.82. The van der Waals surface area contributed by atoms with E-state index in [0.717, 1.165) is 41.7 Å². The van der Waals surface area contributed by atoms with Crippen molar-refractivity contribution in [2.24, 2.45) is 11.8 Å². The van der Waals surface area contributed by atoms with Gasteiger partial charge in [0.15, 0.2) is 0 Å². The Balaban J connectivity index is 1.29. The Kier molecular flexibility index (Phi) is 5.49. The number of ether oxygens (including phenoxy) is 1.